The van der Waals surface area contributed by atoms with Crippen LogP contribution in [0.2, 0.25) is 0 Å². The van der Waals surface area contributed by atoms with Crippen LogP contribution < -0.4 is 5.73 Å². The summed E-state index contributed by atoms with van der Waals surface area (Å²) in [7, 11) is 0. The zero-order chi connectivity index (χ0) is 8.55. The number of aryl methyl sites for hydroxylation is 1. The number of nitrogens with two attached hydrogens (primary N) is 1. The van der Waals surface area contributed by atoms with Crippen LogP contribution in [0.5, 0.6) is 0 Å². The van der Waals surface area contributed by atoms with Gasteiger partial charge in [0.05, 0.1) is 0 Å². The van der Waals surface area contributed by atoms with Crippen molar-refractivity contribution in [3.63, 3.8) is 0 Å². The van der Waals surface area contributed by atoms with Gasteiger partial charge in [-0.2, -0.15) is 0 Å². The number of hydrogen-bond donors (Lipinski definition) is 1. The van der Waals surface area contributed by atoms with E-state index in [4.69, 9.17) is 5.73 Å². The lowest BCUT2D eigenvalue weighted by Gasteiger charge is -2.05. The molecule has 1 saturated carbocycles. The molecular formula is C11H16ClN. The van der Waals surface area contributed by atoms with E-state index in [1.807, 2.05) is 0 Å². The minimum Gasteiger partial charge on any atom is -0.326 e. The lowest BCUT2D eigenvalue weighted by molar-refractivity contribution is 1.03. The van der Waals surface area contributed by atoms with E-state index in [0.29, 0.717) is 6.54 Å². The van der Waals surface area contributed by atoms with Gasteiger partial charge in [0.15, 0.2) is 0 Å². The second-order valence-corrected chi connectivity index (χ2v) is 3.67. The Balaban J connectivity index is 0.000000845. The minimum atomic E-state index is 0. The summed E-state index contributed by atoms with van der Waals surface area (Å²) in [6.45, 7) is 2.86. The molecule has 0 aromatic heterocycles. The second-order valence-electron chi connectivity index (χ2n) is 3.67. The van der Waals surface area contributed by atoms with Crippen LogP contribution in [0.1, 0.15) is 35.4 Å². The SMILES string of the molecule is Cc1ccc(CN)cc1C1CC1.Cl. The maximum absolute atomic E-state index is 5.59. The van der Waals surface area contributed by atoms with Crippen LogP contribution in [0.15, 0.2) is 18.2 Å². The summed E-state index contributed by atoms with van der Waals surface area (Å²) in [6.07, 6.45) is 2.74. The molecule has 1 fully saturated rings. The van der Waals surface area contributed by atoms with E-state index < -0.39 is 0 Å². The Labute approximate surface area is 85.7 Å². The lowest BCUT2D eigenvalue weighted by Crippen LogP contribution is -1.97. The third kappa shape index (κ3) is 2.23. The zero-order valence-corrected chi connectivity index (χ0v) is 8.73. The van der Waals surface area contributed by atoms with Crippen LogP contribution in [0.3, 0.4) is 0 Å². The van der Waals surface area contributed by atoms with Crippen molar-refractivity contribution in [2.24, 2.45) is 5.73 Å². The average Bonchev–Trinajstić information content (AvgIpc) is 2.88. The monoisotopic (exact) mass is 197 g/mol. The third-order valence-corrected chi connectivity index (χ3v) is 2.60. The Hall–Kier alpha value is -0.530. The number of hydrogen-bond acceptors (Lipinski definition) is 1. The fourth-order valence-electron chi connectivity index (χ4n) is 1.65. The quantitative estimate of drug-likeness (QED) is 0.776. The average molecular weight is 198 g/mol. The molecule has 0 atom stereocenters. The van der Waals surface area contributed by atoms with Gasteiger partial charge in [-0.1, -0.05) is 18.2 Å². The molecule has 1 aromatic rings. The molecule has 1 aliphatic carbocycles. The van der Waals surface area contributed by atoms with Crippen molar-refractivity contribution in [2.45, 2.75) is 32.2 Å². The highest BCUT2D eigenvalue weighted by molar-refractivity contribution is 5.85. The summed E-state index contributed by atoms with van der Waals surface area (Å²) >= 11 is 0. The fourth-order valence-corrected chi connectivity index (χ4v) is 1.65. The Morgan fingerprint density at radius 2 is 2.08 bits per heavy atom. The molecule has 1 nitrogen and oxygen atoms in total. The third-order valence-electron chi connectivity index (χ3n) is 2.60. The highest BCUT2D eigenvalue weighted by Crippen LogP contribution is 2.41. The van der Waals surface area contributed by atoms with Gasteiger partial charge < -0.3 is 5.73 Å². The summed E-state index contributed by atoms with van der Waals surface area (Å²) in [4.78, 5) is 0. The van der Waals surface area contributed by atoms with Crippen LogP contribution in [-0.2, 0) is 6.54 Å². The van der Waals surface area contributed by atoms with E-state index in [1.54, 1.807) is 0 Å². The van der Waals surface area contributed by atoms with E-state index in [0.717, 1.165) is 5.92 Å². The van der Waals surface area contributed by atoms with Crippen molar-refractivity contribution in [3.05, 3.63) is 34.9 Å². The van der Waals surface area contributed by atoms with E-state index in [1.165, 1.54) is 29.5 Å². The van der Waals surface area contributed by atoms with Gasteiger partial charge >= 0.3 is 0 Å². The molecule has 72 valence electrons. The Bertz CT molecular complexity index is 292. The zero-order valence-electron chi connectivity index (χ0n) is 7.92. The highest BCUT2D eigenvalue weighted by Gasteiger charge is 2.24. The van der Waals surface area contributed by atoms with Crippen molar-refractivity contribution in [3.8, 4) is 0 Å². The van der Waals surface area contributed by atoms with Gasteiger partial charge in [-0.25, -0.2) is 0 Å². The maximum Gasteiger partial charge on any atom is 0.0178 e. The van der Waals surface area contributed by atoms with Gasteiger partial charge in [0, 0.05) is 6.54 Å². The van der Waals surface area contributed by atoms with E-state index >= 15 is 0 Å². The number of halogens is 1. The van der Waals surface area contributed by atoms with E-state index in [2.05, 4.69) is 25.1 Å². The molecule has 2 heteroatoms. The van der Waals surface area contributed by atoms with Crippen LogP contribution >= 0.6 is 12.4 Å². The molecule has 2 N–H and O–H groups in total. The summed E-state index contributed by atoms with van der Waals surface area (Å²) < 4.78 is 0. The maximum atomic E-state index is 5.59. The smallest absolute Gasteiger partial charge is 0.0178 e. The Morgan fingerprint density at radius 1 is 1.38 bits per heavy atom. The molecule has 0 aliphatic heterocycles. The van der Waals surface area contributed by atoms with Crippen LogP contribution in [0.4, 0.5) is 0 Å². The molecule has 1 aliphatic rings. The Kier molecular flexibility index (Phi) is 3.34. The standard InChI is InChI=1S/C11H15N.ClH/c1-8-2-3-9(7-12)6-11(8)10-4-5-10;/h2-3,6,10H,4-5,7,12H2,1H3;1H. The molecule has 2 rings (SSSR count). The molecule has 0 heterocycles. The summed E-state index contributed by atoms with van der Waals surface area (Å²) in [5, 5.41) is 0. The van der Waals surface area contributed by atoms with Gasteiger partial charge in [0.1, 0.15) is 0 Å². The minimum absolute atomic E-state index is 0. The number of rotatable bonds is 2. The fraction of sp³-hybridized carbons (Fsp3) is 0.455. The first-order chi connectivity index (χ1) is 5.81. The summed E-state index contributed by atoms with van der Waals surface area (Å²) in [6, 6.07) is 6.59. The second kappa shape index (κ2) is 4.12. The molecule has 0 saturated heterocycles. The molecule has 0 bridgehead atoms. The first-order valence-corrected chi connectivity index (χ1v) is 4.61. The van der Waals surface area contributed by atoms with Crippen molar-refractivity contribution in [2.75, 3.05) is 0 Å². The van der Waals surface area contributed by atoms with Crippen molar-refractivity contribution >= 4 is 12.4 Å². The first-order valence-electron chi connectivity index (χ1n) is 4.61. The van der Waals surface area contributed by atoms with Crippen molar-refractivity contribution in [1.82, 2.24) is 0 Å². The van der Waals surface area contributed by atoms with Gasteiger partial charge in [-0.05, 0) is 42.4 Å². The van der Waals surface area contributed by atoms with Gasteiger partial charge in [0.2, 0.25) is 0 Å². The van der Waals surface area contributed by atoms with Crippen LogP contribution in [0, 0.1) is 6.92 Å². The largest absolute Gasteiger partial charge is 0.326 e. The predicted octanol–water partition coefficient (Wildman–Crippen LogP) is 2.75. The summed E-state index contributed by atoms with van der Waals surface area (Å²) in [5.74, 6) is 0.844. The molecule has 13 heavy (non-hydrogen) atoms. The predicted molar refractivity (Wildman–Crippen MR) is 58.3 cm³/mol. The normalized spacial score (nSPS) is 15.2. The van der Waals surface area contributed by atoms with Crippen LogP contribution in [0.25, 0.3) is 0 Å². The first kappa shape index (κ1) is 10.6. The molecule has 0 amide bonds. The Morgan fingerprint density at radius 3 is 2.62 bits per heavy atom. The number of benzene rings is 1. The van der Waals surface area contributed by atoms with E-state index in [-0.39, 0.29) is 12.4 Å². The molecule has 1 aromatic carbocycles. The molecule has 0 radical (unpaired) electrons. The van der Waals surface area contributed by atoms with E-state index in [9.17, 15) is 0 Å². The highest BCUT2D eigenvalue weighted by atomic mass is 35.5. The summed E-state index contributed by atoms with van der Waals surface area (Å²) in [5.41, 5.74) is 9.81. The van der Waals surface area contributed by atoms with Crippen molar-refractivity contribution < 1.29 is 0 Å². The topological polar surface area (TPSA) is 26.0 Å². The van der Waals surface area contributed by atoms with Gasteiger partial charge in [0.25, 0.3) is 0 Å². The van der Waals surface area contributed by atoms with Crippen molar-refractivity contribution in [1.29, 1.82) is 0 Å². The molecular weight excluding hydrogens is 182 g/mol. The molecule has 0 spiro atoms. The van der Waals surface area contributed by atoms with Gasteiger partial charge in [-0.3, -0.25) is 0 Å². The lowest BCUT2D eigenvalue weighted by atomic mass is 10.0. The van der Waals surface area contributed by atoms with Gasteiger partial charge in [-0.15, -0.1) is 12.4 Å². The molecule has 0 unspecified atom stereocenters. The van der Waals surface area contributed by atoms with Crippen LogP contribution in [-0.4, -0.2) is 0 Å².